The van der Waals surface area contributed by atoms with Crippen molar-refractivity contribution >= 4 is 5.97 Å². The fourth-order valence-electron chi connectivity index (χ4n) is 1.82. The lowest BCUT2D eigenvalue weighted by molar-refractivity contribution is -0.143. The number of carboxylic acid groups (broad SMARTS) is 1. The summed E-state index contributed by atoms with van der Waals surface area (Å²) in [6.45, 7) is 0. The number of allylic oxidation sites excluding steroid dienone is 1. The molecule has 0 bridgehead atoms. The average molecular weight is 353 g/mol. The maximum Gasteiger partial charge on any atom is 0.416 e. The molecule has 0 amide bonds. The van der Waals surface area contributed by atoms with Crippen molar-refractivity contribution in [2.45, 2.75) is 25.2 Å². The molecular weight excluding hydrogens is 344 g/mol. The molecule has 1 aromatic rings. The summed E-state index contributed by atoms with van der Waals surface area (Å²) in [5, 5.41) is 11.5. The molecule has 1 aromatic carbocycles. The molecule has 0 saturated heterocycles. The highest BCUT2D eigenvalue weighted by Crippen LogP contribution is 2.37. The minimum Gasteiger partial charge on any atom is -0.478 e. The molecule has 0 saturated carbocycles. The number of alkyl halides is 6. The highest BCUT2D eigenvalue weighted by molar-refractivity contribution is 5.86. The molecule has 0 aliphatic rings. The first kappa shape index (κ1) is 19.4. The Labute approximate surface area is 130 Å². The van der Waals surface area contributed by atoms with Crippen LogP contribution in [0.4, 0.5) is 26.3 Å². The van der Waals surface area contributed by atoms with E-state index in [9.17, 15) is 31.1 Å². The average Bonchev–Trinajstić information content (AvgIpc) is 2.44. The Bertz CT molecular complexity index is 699. The summed E-state index contributed by atoms with van der Waals surface area (Å²) < 4.78 is 76.3. The Morgan fingerprint density at radius 3 is 2.29 bits per heavy atom. The second kappa shape index (κ2) is 7.26. The molecule has 5 nitrogen and oxygen atoms in total. The van der Waals surface area contributed by atoms with Crippen LogP contribution in [0.25, 0.3) is 10.4 Å². The van der Waals surface area contributed by atoms with Gasteiger partial charge in [0, 0.05) is 4.91 Å². The number of azide groups is 1. The van der Waals surface area contributed by atoms with Crippen molar-refractivity contribution in [1.82, 2.24) is 0 Å². The van der Waals surface area contributed by atoms with Crippen LogP contribution in [-0.2, 0) is 23.6 Å². The van der Waals surface area contributed by atoms with Crippen molar-refractivity contribution in [1.29, 1.82) is 0 Å². The van der Waals surface area contributed by atoms with Crippen molar-refractivity contribution in [3.8, 4) is 0 Å². The van der Waals surface area contributed by atoms with Crippen molar-refractivity contribution in [3.05, 3.63) is 57.1 Å². The summed E-state index contributed by atoms with van der Waals surface area (Å²) in [6.07, 6.45) is -9.68. The van der Waals surface area contributed by atoms with Gasteiger partial charge >= 0.3 is 18.3 Å². The number of hydrogen-bond donors (Lipinski definition) is 1. The summed E-state index contributed by atoms with van der Waals surface area (Å²) in [5.41, 5.74) is 4.13. The van der Waals surface area contributed by atoms with Crippen molar-refractivity contribution < 1.29 is 36.2 Å². The van der Waals surface area contributed by atoms with E-state index >= 15 is 0 Å². The smallest absolute Gasteiger partial charge is 0.416 e. The van der Waals surface area contributed by atoms with E-state index in [0.717, 1.165) is 6.08 Å². The van der Waals surface area contributed by atoms with E-state index in [1.165, 1.54) is 0 Å². The highest BCUT2D eigenvalue weighted by atomic mass is 19.4. The van der Waals surface area contributed by atoms with Gasteiger partial charge in [-0.05, 0) is 36.1 Å². The van der Waals surface area contributed by atoms with Gasteiger partial charge in [0.1, 0.15) is 5.70 Å². The second-order valence-electron chi connectivity index (χ2n) is 4.49. The SMILES string of the molecule is [N-]=[N+]=NC(=CCCc1ccc(C(F)(F)F)cc1C(F)(F)F)C(=O)O. The lowest BCUT2D eigenvalue weighted by Crippen LogP contribution is -2.13. The zero-order chi connectivity index (χ0) is 18.5. The highest BCUT2D eigenvalue weighted by Gasteiger charge is 2.37. The topological polar surface area (TPSA) is 86.1 Å². The Morgan fingerprint density at radius 2 is 1.83 bits per heavy atom. The van der Waals surface area contributed by atoms with Gasteiger partial charge in [-0.1, -0.05) is 17.3 Å². The fraction of sp³-hybridized carbons (Fsp3) is 0.308. The Kier molecular flexibility index (Phi) is 5.86. The predicted octanol–water partition coefficient (Wildman–Crippen LogP) is 4.94. The second-order valence-corrected chi connectivity index (χ2v) is 4.49. The minimum absolute atomic E-state index is 0.00455. The summed E-state index contributed by atoms with van der Waals surface area (Å²) in [6, 6.07) is 1.21. The molecule has 0 unspecified atom stereocenters. The fourth-order valence-corrected chi connectivity index (χ4v) is 1.82. The third-order valence-corrected chi connectivity index (χ3v) is 2.87. The van der Waals surface area contributed by atoms with Gasteiger partial charge in [-0.25, -0.2) is 4.79 Å². The van der Waals surface area contributed by atoms with Crippen LogP contribution in [0.5, 0.6) is 0 Å². The zero-order valence-electron chi connectivity index (χ0n) is 11.7. The summed E-state index contributed by atoms with van der Waals surface area (Å²) in [4.78, 5) is 12.9. The van der Waals surface area contributed by atoms with Gasteiger partial charge in [-0.2, -0.15) is 26.3 Å². The normalized spacial score (nSPS) is 12.7. The number of halogens is 6. The van der Waals surface area contributed by atoms with E-state index in [2.05, 4.69) is 10.0 Å². The monoisotopic (exact) mass is 353 g/mol. The van der Waals surface area contributed by atoms with Gasteiger partial charge in [0.15, 0.2) is 0 Å². The van der Waals surface area contributed by atoms with Gasteiger partial charge in [-0.15, -0.1) is 0 Å². The standard InChI is InChI=1S/C13H9F6N3O2/c14-12(15,16)8-5-4-7(9(6-8)13(17,18)19)2-1-3-10(11(23)24)21-22-20/h3-6H,1-2H2,(H,23,24). The van der Waals surface area contributed by atoms with E-state index in [0.29, 0.717) is 12.1 Å². The van der Waals surface area contributed by atoms with Crippen molar-refractivity contribution in [2.24, 2.45) is 5.11 Å². The molecule has 0 spiro atoms. The Balaban J connectivity index is 3.14. The van der Waals surface area contributed by atoms with Crippen LogP contribution in [0, 0.1) is 0 Å². The summed E-state index contributed by atoms with van der Waals surface area (Å²) >= 11 is 0. The van der Waals surface area contributed by atoms with Crippen LogP contribution in [0.15, 0.2) is 35.1 Å². The maximum atomic E-state index is 12.9. The molecule has 0 aromatic heterocycles. The number of carbonyl (C=O) groups is 1. The zero-order valence-corrected chi connectivity index (χ0v) is 11.7. The molecule has 0 atom stereocenters. The predicted molar refractivity (Wildman–Crippen MR) is 69.6 cm³/mol. The van der Waals surface area contributed by atoms with Crippen LogP contribution in [0.2, 0.25) is 0 Å². The summed E-state index contributed by atoms with van der Waals surface area (Å²) in [7, 11) is 0. The maximum absolute atomic E-state index is 12.9. The van der Waals surface area contributed by atoms with Crippen LogP contribution in [-0.4, -0.2) is 11.1 Å². The van der Waals surface area contributed by atoms with Gasteiger partial charge in [-0.3, -0.25) is 0 Å². The molecule has 0 aliphatic heterocycles. The number of nitrogens with zero attached hydrogens (tertiary/aromatic N) is 3. The van der Waals surface area contributed by atoms with Crippen LogP contribution >= 0.6 is 0 Å². The molecule has 130 valence electrons. The number of rotatable bonds is 5. The molecule has 0 radical (unpaired) electrons. The van der Waals surface area contributed by atoms with E-state index in [4.69, 9.17) is 10.6 Å². The number of carboxylic acids is 1. The van der Waals surface area contributed by atoms with E-state index in [-0.39, 0.29) is 18.9 Å². The molecule has 24 heavy (non-hydrogen) atoms. The first-order chi connectivity index (χ1) is 11.0. The quantitative estimate of drug-likeness (QED) is 0.267. The van der Waals surface area contributed by atoms with Gasteiger partial charge < -0.3 is 5.11 Å². The summed E-state index contributed by atoms with van der Waals surface area (Å²) in [5.74, 6) is -1.57. The Hall–Kier alpha value is -2.68. The van der Waals surface area contributed by atoms with E-state index in [1.54, 1.807) is 0 Å². The molecular formula is C13H9F6N3O2. The van der Waals surface area contributed by atoms with Gasteiger partial charge in [0.25, 0.3) is 0 Å². The molecule has 0 aliphatic carbocycles. The molecule has 0 fully saturated rings. The van der Waals surface area contributed by atoms with Crippen LogP contribution < -0.4 is 0 Å². The Morgan fingerprint density at radius 1 is 1.21 bits per heavy atom. The third-order valence-electron chi connectivity index (χ3n) is 2.87. The van der Waals surface area contributed by atoms with Gasteiger partial charge in [0.05, 0.1) is 11.1 Å². The molecule has 0 heterocycles. The van der Waals surface area contributed by atoms with E-state index < -0.39 is 40.7 Å². The van der Waals surface area contributed by atoms with Crippen molar-refractivity contribution in [3.63, 3.8) is 0 Å². The number of aryl methyl sites for hydroxylation is 1. The van der Waals surface area contributed by atoms with Gasteiger partial charge in [0.2, 0.25) is 0 Å². The molecule has 1 N–H and O–H groups in total. The van der Waals surface area contributed by atoms with Crippen molar-refractivity contribution in [2.75, 3.05) is 0 Å². The molecule has 1 rings (SSSR count). The number of hydrogen-bond acceptors (Lipinski definition) is 2. The first-order valence-corrected chi connectivity index (χ1v) is 6.22. The van der Waals surface area contributed by atoms with Crippen LogP contribution in [0.3, 0.4) is 0 Å². The first-order valence-electron chi connectivity index (χ1n) is 6.22. The lowest BCUT2D eigenvalue weighted by Gasteiger charge is -2.15. The van der Waals surface area contributed by atoms with Crippen LogP contribution in [0.1, 0.15) is 23.1 Å². The minimum atomic E-state index is -5.00. The lowest BCUT2D eigenvalue weighted by atomic mass is 9.99. The number of aliphatic carboxylic acids is 1. The number of benzene rings is 1. The third kappa shape index (κ3) is 5.20. The van der Waals surface area contributed by atoms with E-state index in [1.807, 2.05) is 0 Å². The molecule has 11 heteroatoms. The largest absolute Gasteiger partial charge is 0.478 e.